The third-order valence-electron chi connectivity index (χ3n) is 4.46. The van der Waals surface area contributed by atoms with Gasteiger partial charge in [-0.05, 0) is 30.0 Å². The van der Waals surface area contributed by atoms with Crippen molar-refractivity contribution in [3.63, 3.8) is 0 Å². The van der Waals surface area contributed by atoms with Gasteiger partial charge >= 0.3 is 5.69 Å². The Balaban J connectivity index is 2.23. The molecule has 2 aromatic rings. The van der Waals surface area contributed by atoms with Gasteiger partial charge in [-0.3, -0.25) is 9.13 Å². The number of imidazole rings is 1. The van der Waals surface area contributed by atoms with Crippen LogP contribution in [0.25, 0.3) is 16.7 Å². The highest BCUT2D eigenvalue weighted by molar-refractivity contribution is 5.84. The highest BCUT2D eigenvalue weighted by Gasteiger charge is 2.20. The third-order valence-corrected chi connectivity index (χ3v) is 4.46. The van der Waals surface area contributed by atoms with Crippen LogP contribution in [0.5, 0.6) is 0 Å². The summed E-state index contributed by atoms with van der Waals surface area (Å²) in [4.78, 5) is 17.4. The first-order valence-electron chi connectivity index (χ1n) is 8.89. The van der Waals surface area contributed by atoms with Crippen LogP contribution in [-0.4, -0.2) is 21.2 Å². The lowest BCUT2D eigenvalue weighted by Gasteiger charge is -2.18. The minimum absolute atomic E-state index is 0.0323. The van der Waals surface area contributed by atoms with E-state index in [0.717, 1.165) is 5.52 Å². The molecule has 27 heavy (non-hydrogen) atoms. The molecule has 1 aliphatic rings. The molecule has 0 unspecified atom stereocenters. The Kier molecular flexibility index (Phi) is 4.79. The van der Waals surface area contributed by atoms with Gasteiger partial charge in [0.15, 0.2) is 5.65 Å². The van der Waals surface area contributed by atoms with Gasteiger partial charge in [0.05, 0.1) is 18.3 Å². The van der Waals surface area contributed by atoms with E-state index in [1.165, 1.54) is 0 Å². The van der Waals surface area contributed by atoms with Crippen LogP contribution in [-0.2, 0) is 18.3 Å². The molecular weight excluding hydrogens is 340 g/mol. The van der Waals surface area contributed by atoms with E-state index < -0.39 is 0 Å². The number of nitrogens with zero attached hydrogens (tertiary/aromatic N) is 4. The highest BCUT2D eigenvalue weighted by Crippen LogP contribution is 2.28. The Morgan fingerprint density at radius 1 is 1.33 bits per heavy atom. The van der Waals surface area contributed by atoms with Crippen molar-refractivity contribution in [3.05, 3.63) is 57.9 Å². The fourth-order valence-corrected chi connectivity index (χ4v) is 3.24. The number of rotatable bonds is 3. The van der Waals surface area contributed by atoms with E-state index >= 15 is 0 Å². The lowest BCUT2D eigenvalue weighted by atomic mass is 9.97. The van der Waals surface area contributed by atoms with Gasteiger partial charge in [0.1, 0.15) is 17.4 Å². The van der Waals surface area contributed by atoms with Gasteiger partial charge in [0, 0.05) is 19.2 Å². The van der Waals surface area contributed by atoms with Crippen molar-refractivity contribution in [1.82, 2.24) is 14.1 Å². The zero-order valence-electron chi connectivity index (χ0n) is 16.4. The van der Waals surface area contributed by atoms with Crippen LogP contribution in [0.4, 0.5) is 0 Å². The molecule has 0 fully saturated rings. The standard InChI is InChI=1S/C21H24N4O2/c1-21(2,3)13-25-17-11-10-16(23-19(17)24(4)20(25)26)14-8-6-7-9-18(27-5)15(14)12-22/h6,8-11H,7,13H2,1-5H3. The van der Waals surface area contributed by atoms with Gasteiger partial charge < -0.3 is 4.74 Å². The minimum Gasteiger partial charge on any atom is -0.496 e. The van der Waals surface area contributed by atoms with E-state index in [1.54, 1.807) is 23.3 Å². The number of methoxy groups -OCH3 is 1. The summed E-state index contributed by atoms with van der Waals surface area (Å²) in [6, 6.07) is 5.99. The molecule has 0 spiro atoms. The first-order valence-corrected chi connectivity index (χ1v) is 8.89. The maximum atomic E-state index is 12.7. The number of aryl methyl sites for hydroxylation is 1. The highest BCUT2D eigenvalue weighted by atomic mass is 16.5. The Labute approximate surface area is 158 Å². The van der Waals surface area contributed by atoms with Crippen LogP contribution in [0.3, 0.4) is 0 Å². The number of allylic oxidation sites excluding steroid dienone is 5. The SMILES string of the molecule is COC1=CCC=CC(c2ccc3c(n2)n(C)c(=O)n3CC(C)(C)C)=C1C#N. The number of fused-ring (bicyclic) bond motifs is 1. The largest absolute Gasteiger partial charge is 0.496 e. The molecular formula is C21H24N4O2. The molecule has 3 rings (SSSR count). The van der Waals surface area contributed by atoms with Crippen molar-refractivity contribution >= 4 is 16.7 Å². The average molecular weight is 364 g/mol. The molecule has 2 aromatic heterocycles. The summed E-state index contributed by atoms with van der Waals surface area (Å²) in [5.41, 5.74) is 3.05. The van der Waals surface area contributed by atoms with Crippen molar-refractivity contribution in [2.24, 2.45) is 12.5 Å². The molecule has 0 N–H and O–H groups in total. The molecule has 6 nitrogen and oxygen atoms in total. The van der Waals surface area contributed by atoms with Crippen molar-refractivity contribution in [2.75, 3.05) is 7.11 Å². The third kappa shape index (κ3) is 3.45. The summed E-state index contributed by atoms with van der Waals surface area (Å²) in [6.07, 6.45) is 6.41. The summed E-state index contributed by atoms with van der Waals surface area (Å²) in [5, 5.41) is 9.64. The van der Waals surface area contributed by atoms with Crippen LogP contribution in [0.2, 0.25) is 0 Å². The number of nitriles is 1. The molecule has 0 bridgehead atoms. The molecule has 0 atom stereocenters. The molecule has 0 saturated heterocycles. The van der Waals surface area contributed by atoms with Crippen molar-refractivity contribution in [1.29, 1.82) is 5.26 Å². The fourth-order valence-electron chi connectivity index (χ4n) is 3.24. The Bertz CT molecular complexity index is 1080. The summed E-state index contributed by atoms with van der Waals surface area (Å²) in [7, 11) is 3.28. The zero-order chi connectivity index (χ0) is 19.8. The second kappa shape index (κ2) is 6.92. The molecule has 0 amide bonds. The van der Waals surface area contributed by atoms with Gasteiger partial charge in [0.2, 0.25) is 0 Å². The first kappa shape index (κ1) is 18.7. The van der Waals surface area contributed by atoms with Crippen molar-refractivity contribution < 1.29 is 4.74 Å². The predicted molar refractivity (Wildman–Crippen MR) is 106 cm³/mol. The molecule has 2 heterocycles. The maximum Gasteiger partial charge on any atom is 0.330 e. The van der Waals surface area contributed by atoms with Crippen molar-refractivity contribution in [3.8, 4) is 6.07 Å². The monoisotopic (exact) mass is 364 g/mol. The van der Waals surface area contributed by atoms with E-state index in [1.807, 2.05) is 30.4 Å². The number of aromatic nitrogens is 3. The van der Waals surface area contributed by atoms with Gasteiger partial charge in [-0.25, -0.2) is 9.78 Å². The van der Waals surface area contributed by atoms with E-state index in [9.17, 15) is 10.1 Å². The Morgan fingerprint density at radius 2 is 2.07 bits per heavy atom. The van der Waals surface area contributed by atoms with Gasteiger partial charge in [-0.1, -0.05) is 32.9 Å². The first-order chi connectivity index (χ1) is 12.8. The molecule has 140 valence electrons. The summed E-state index contributed by atoms with van der Waals surface area (Å²) in [6.45, 7) is 6.89. The maximum absolute atomic E-state index is 12.7. The number of hydrogen-bond acceptors (Lipinski definition) is 4. The van der Waals surface area contributed by atoms with Crippen LogP contribution in [0.15, 0.2) is 46.5 Å². The average Bonchev–Trinajstić information content (AvgIpc) is 2.79. The lowest BCUT2D eigenvalue weighted by Crippen LogP contribution is -2.27. The normalized spacial score (nSPS) is 14.9. The second-order valence-electron chi connectivity index (χ2n) is 7.84. The van der Waals surface area contributed by atoms with E-state index in [0.29, 0.717) is 41.2 Å². The summed E-state index contributed by atoms with van der Waals surface area (Å²) in [5.74, 6) is 0.540. The fraction of sp³-hybridized carbons (Fsp3) is 0.381. The van der Waals surface area contributed by atoms with E-state index in [-0.39, 0.29) is 11.1 Å². The Morgan fingerprint density at radius 3 is 2.70 bits per heavy atom. The number of ether oxygens (including phenoxy) is 1. The number of hydrogen-bond donors (Lipinski definition) is 0. The second-order valence-corrected chi connectivity index (χ2v) is 7.84. The molecule has 6 heteroatoms. The van der Waals surface area contributed by atoms with Crippen LogP contribution in [0, 0.1) is 16.7 Å². The van der Waals surface area contributed by atoms with Gasteiger partial charge in [0.25, 0.3) is 0 Å². The van der Waals surface area contributed by atoms with Gasteiger partial charge in [-0.15, -0.1) is 0 Å². The topological polar surface area (TPSA) is 72.8 Å². The van der Waals surface area contributed by atoms with Crippen molar-refractivity contribution in [2.45, 2.75) is 33.7 Å². The summed E-state index contributed by atoms with van der Waals surface area (Å²) < 4.78 is 8.69. The van der Waals surface area contributed by atoms with E-state index in [2.05, 4.69) is 26.8 Å². The molecule has 0 saturated carbocycles. The lowest BCUT2D eigenvalue weighted by molar-refractivity contribution is 0.302. The van der Waals surface area contributed by atoms with Crippen LogP contribution in [0.1, 0.15) is 32.9 Å². The predicted octanol–water partition coefficient (Wildman–Crippen LogP) is 3.55. The zero-order valence-corrected chi connectivity index (χ0v) is 16.4. The minimum atomic E-state index is -0.0899. The summed E-state index contributed by atoms with van der Waals surface area (Å²) >= 11 is 0. The van der Waals surface area contributed by atoms with Crippen LogP contribution < -0.4 is 5.69 Å². The molecule has 0 radical (unpaired) electrons. The van der Waals surface area contributed by atoms with Gasteiger partial charge in [-0.2, -0.15) is 5.26 Å². The van der Waals surface area contributed by atoms with Crippen LogP contribution >= 0.6 is 0 Å². The quantitative estimate of drug-likeness (QED) is 0.835. The molecule has 1 aliphatic carbocycles. The number of pyridine rings is 1. The molecule has 0 aromatic carbocycles. The van der Waals surface area contributed by atoms with E-state index in [4.69, 9.17) is 9.72 Å². The Hall–Kier alpha value is -3.07. The smallest absolute Gasteiger partial charge is 0.330 e. The molecule has 0 aliphatic heterocycles.